The van der Waals surface area contributed by atoms with Crippen molar-refractivity contribution in [1.29, 1.82) is 0 Å². The highest BCUT2D eigenvalue weighted by Gasteiger charge is 2.37. The Labute approximate surface area is 215 Å². The third-order valence-corrected chi connectivity index (χ3v) is 8.73. The van der Waals surface area contributed by atoms with Gasteiger partial charge in [0.15, 0.2) is 23.7 Å². The number of halogens is 3. The summed E-state index contributed by atoms with van der Waals surface area (Å²) in [5, 5.41) is 0. The summed E-state index contributed by atoms with van der Waals surface area (Å²) in [7, 11) is 0. The van der Waals surface area contributed by atoms with Crippen molar-refractivity contribution in [2.45, 2.75) is 115 Å². The maximum absolute atomic E-state index is 13.6. The van der Waals surface area contributed by atoms with Crippen molar-refractivity contribution in [1.82, 2.24) is 0 Å². The van der Waals surface area contributed by atoms with Crippen LogP contribution in [0.5, 0.6) is 0 Å². The molecule has 3 aliphatic rings. The minimum atomic E-state index is -1.39. The first kappa shape index (κ1) is 27.9. The Morgan fingerprint density at radius 1 is 0.694 bits per heavy atom. The number of unbranched alkanes of at least 4 members (excludes halogenated alkanes) is 6. The second kappa shape index (κ2) is 14.2. The van der Waals surface area contributed by atoms with E-state index in [1.165, 1.54) is 57.8 Å². The van der Waals surface area contributed by atoms with Crippen molar-refractivity contribution < 1.29 is 27.4 Å². The lowest BCUT2D eigenvalue weighted by Crippen LogP contribution is -2.44. The van der Waals surface area contributed by atoms with E-state index >= 15 is 0 Å². The minimum absolute atomic E-state index is 0.0480. The number of ether oxygens (including phenoxy) is 3. The van der Waals surface area contributed by atoms with Crippen molar-refractivity contribution in [2.75, 3.05) is 19.8 Å². The van der Waals surface area contributed by atoms with Crippen LogP contribution in [0.4, 0.5) is 13.2 Å². The third kappa shape index (κ3) is 7.70. The molecule has 4 rings (SSSR count). The Kier molecular flexibility index (Phi) is 11.0. The topological polar surface area (TPSA) is 27.7 Å². The summed E-state index contributed by atoms with van der Waals surface area (Å²) in [6, 6.07) is 2.29. The SMILES string of the molecule is CCCCCCCCC[C@H]1CC[C@H](C2COC(C3CCC(c4cc(F)c(F)c(F)c4)CC3)OC2)OC1. The average Bonchev–Trinajstić information content (AvgIpc) is 2.91. The first-order valence-corrected chi connectivity index (χ1v) is 14.5. The molecule has 6 heteroatoms. The molecule has 0 radical (unpaired) electrons. The summed E-state index contributed by atoms with van der Waals surface area (Å²) in [4.78, 5) is 0. The zero-order valence-electron chi connectivity index (χ0n) is 22.0. The predicted molar refractivity (Wildman–Crippen MR) is 135 cm³/mol. The second-order valence-electron chi connectivity index (χ2n) is 11.4. The molecule has 1 saturated carbocycles. The largest absolute Gasteiger partial charge is 0.377 e. The van der Waals surface area contributed by atoms with Gasteiger partial charge < -0.3 is 14.2 Å². The molecule has 1 aliphatic carbocycles. The van der Waals surface area contributed by atoms with E-state index in [1.807, 2.05) is 0 Å². The molecule has 2 saturated heterocycles. The zero-order chi connectivity index (χ0) is 25.3. The van der Waals surface area contributed by atoms with E-state index in [2.05, 4.69) is 6.92 Å². The smallest absolute Gasteiger partial charge is 0.194 e. The molecule has 0 amide bonds. The fourth-order valence-corrected chi connectivity index (χ4v) is 6.37. The molecule has 3 nitrogen and oxygen atoms in total. The fraction of sp³-hybridized carbons (Fsp3) is 0.800. The van der Waals surface area contributed by atoms with Crippen LogP contribution in [0.1, 0.15) is 108 Å². The maximum Gasteiger partial charge on any atom is 0.194 e. The molecule has 204 valence electrons. The van der Waals surface area contributed by atoms with Crippen LogP contribution in [0.25, 0.3) is 0 Å². The molecule has 3 fully saturated rings. The molecular weight excluding hydrogens is 465 g/mol. The van der Waals surface area contributed by atoms with Crippen molar-refractivity contribution in [3.05, 3.63) is 35.1 Å². The van der Waals surface area contributed by atoms with Crippen molar-refractivity contribution in [3.8, 4) is 0 Å². The fourth-order valence-electron chi connectivity index (χ4n) is 6.37. The monoisotopic (exact) mass is 510 g/mol. The number of hydrogen-bond donors (Lipinski definition) is 0. The van der Waals surface area contributed by atoms with Crippen molar-refractivity contribution in [2.24, 2.45) is 17.8 Å². The predicted octanol–water partition coefficient (Wildman–Crippen LogP) is 8.30. The van der Waals surface area contributed by atoms with Crippen LogP contribution in [-0.4, -0.2) is 32.2 Å². The van der Waals surface area contributed by atoms with Gasteiger partial charge in [-0.05, 0) is 74.5 Å². The maximum atomic E-state index is 13.6. The van der Waals surface area contributed by atoms with Gasteiger partial charge in [-0.2, -0.15) is 0 Å². The van der Waals surface area contributed by atoms with E-state index in [0.29, 0.717) is 30.6 Å². The second-order valence-corrected chi connectivity index (χ2v) is 11.4. The zero-order valence-corrected chi connectivity index (χ0v) is 22.0. The van der Waals surface area contributed by atoms with Crippen LogP contribution in [-0.2, 0) is 14.2 Å². The normalized spacial score (nSPS) is 31.4. The van der Waals surface area contributed by atoms with Gasteiger partial charge in [-0.15, -0.1) is 0 Å². The summed E-state index contributed by atoms with van der Waals surface area (Å²) < 4.78 is 59.1. The van der Waals surface area contributed by atoms with Gasteiger partial charge in [-0.3, -0.25) is 0 Å². The van der Waals surface area contributed by atoms with Crippen molar-refractivity contribution >= 4 is 0 Å². The first-order chi connectivity index (χ1) is 17.5. The summed E-state index contributed by atoms with van der Waals surface area (Å²) in [6.45, 7) is 4.48. The minimum Gasteiger partial charge on any atom is -0.377 e. The van der Waals surface area contributed by atoms with Gasteiger partial charge in [-0.1, -0.05) is 51.9 Å². The molecule has 2 heterocycles. The lowest BCUT2D eigenvalue weighted by molar-refractivity contribution is -0.246. The molecule has 0 bridgehead atoms. The van der Waals surface area contributed by atoms with Crippen LogP contribution in [0.3, 0.4) is 0 Å². The third-order valence-electron chi connectivity index (χ3n) is 8.73. The molecule has 2 aliphatic heterocycles. The van der Waals surface area contributed by atoms with E-state index < -0.39 is 17.5 Å². The quantitative estimate of drug-likeness (QED) is 0.221. The van der Waals surface area contributed by atoms with Gasteiger partial charge in [0.2, 0.25) is 0 Å². The highest BCUT2D eigenvalue weighted by Crippen LogP contribution is 2.40. The van der Waals surface area contributed by atoms with Crippen LogP contribution in [0, 0.1) is 35.2 Å². The molecule has 2 atom stereocenters. The molecule has 36 heavy (non-hydrogen) atoms. The van der Waals surface area contributed by atoms with Crippen LogP contribution < -0.4 is 0 Å². The Balaban J connectivity index is 1.10. The number of benzene rings is 1. The van der Waals surface area contributed by atoms with E-state index in [4.69, 9.17) is 14.2 Å². The lowest BCUT2D eigenvalue weighted by Gasteiger charge is -2.41. The highest BCUT2D eigenvalue weighted by atomic mass is 19.2. The van der Waals surface area contributed by atoms with E-state index in [-0.39, 0.29) is 24.2 Å². The Morgan fingerprint density at radius 2 is 1.33 bits per heavy atom. The molecule has 1 aromatic rings. The number of rotatable bonds is 11. The Hall–Kier alpha value is -1.11. The molecule has 0 unspecified atom stereocenters. The van der Waals surface area contributed by atoms with Crippen LogP contribution in [0.2, 0.25) is 0 Å². The van der Waals surface area contributed by atoms with Gasteiger partial charge in [0, 0.05) is 18.4 Å². The molecule has 0 aromatic heterocycles. The summed E-state index contributed by atoms with van der Waals surface area (Å²) in [5.74, 6) is -2.27. The Morgan fingerprint density at radius 3 is 1.94 bits per heavy atom. The van der Waals surface area contributed by atoms with Crippen molar-refractivity contribution in [3.63, 3.8) is 0 Å². The van der Waals surface area contributed by atoms with Crippen LogP contribution in [0.15, 0.2) is 12.1 Å². The summed E-state index contributed by atoms with van der Waals surface area (Å²) in [6.07, 6.45) is 16.5. The lowest BCUT2D eigenvalue weighted by atomic mass is 9.78. The van der Waals surface area contributed by atoms with Gasteiger partial charge in [0.25, 0.3) is 0 Å². The van der Waals surface area contributed by atoms with Gasteiger partial charge in [-0.25, -0.2) is 13.2 Å². The highest BCUT2D eigenvalue weighted by molar-refractivity contribution is 5.23. The van der Waals surface area contributed by atoms with Gasteiger partial charge in [0.05, 0.1) is 19.3 Å². The van der Waals surface area contributed by atoms with Crippen LogP contribution >= 0.6 is 0 Å². The molecule has 1 aromatic carbocycles. The van der Waals surface area contributed by atoms with Gasteiger partial charge in [0.1, 0.15) is 0 Å². The van der Waals surface area contributed by atoms with E-state index in [0.717, 1.165) is 50.8 Å². The number of hydrogen-bond acceptors (Lipinski definition) is 3. The molecular formula is C30H45F3O3. The standard InChI is InChI=1S/C30H45F3O3/c1-2-3-4-5-6-7-8-9-21-10-15-28(34-18-21)25-19-35-30(36-20-25)23-13-11-22(12-14-23)24-16-26(31)29(33)27(32)17-24/h16-17,21-23,25,28,30H,2-15,18-20H2,1H3/t21-,22?,23?,25?,28+,30?/m0/s1. The average molecular weight is 511 g/mol. The van der Waals surface area contributed by atoms with E-state index in [1.54, 1.807) is 0 Å². The molecule has 0 spiro atoms. The van der Waals surface area contributed by atoms with Gasteiger partial charge >= 0.3 is 0 Å². The Bertz CT molecular complexity index is 757. The summed E-state index contributed by atoms with van der Waals surface area (Å²) in [5.41, 5.74) is 0.551. The summed E-state index contributed by atoms with van der Waals surface area (Å²) >= 11 is 0. The van der Waals surface area contributed by atoms with E-state index in [9.17, 15) is 13.2 Å². The first-order valence-electron chi connectivity index (χ1n) is 14.5. The molecule has 0 N–H and O–H groups in total.